The van der Waals surface area contributed by atoms with Gasteiger partial charge in [0.2, 0.25) is 0 Å². The summed E-state index contributed by atoms with van der Waals surface area (Å²) in [7, 11) is 0. The lowest BCUT2D eigenvalue weighted by atomic mass is 9.92. The first-order valence-electron chi connectivity index (χ1n) is 10.1. The average molecular weight is 441 g/mol. The lowest BCUT2D eigenvalue weighted by Crippen LogP contribution is -2.27. The molecule has 0 bridgehead atoms. The number of rotatable bonds is 2. The maximum absolute atomic E-state index is 2.34. The van der Waals surface area contributed by atoms with Crippen LogP contribution in [0.4, 0.5) is 0 Å². The molecule has 30 heavy (non-hydrogen) atoms. The Balaban J connectivity index is 1.60. The van der Waals surface area contributed by atoms with Gasteiger partial charge in [0.05, 0.1) is 4.75 Å². The van der Waals surface area contributed by atoms with Crippen LogP contribution in [-0.4, -0.2) is 5.75 Å². The van der Waals surface area contributed by atoms with Crippen molar-refractivity contribution in [3.63, 3.8) is 0 Å². The Morgan fingerprint density at radius 2 is 1.00 bits per heavy atom. The smallest absolute Gasteiger partial charge is 0.115 e. The van der Waals surface area contributed by atoms with E-state index in [1.165, 1.54) is 32.0 Å². The first-order valence-corrected chi connectivity index (χ1v) is 12.8. The molecule has 0 radical (unpaired) electrons. The van der Waals surface area contributed by atoms with Gasteiger partial charge in [0, 0.05) is 15.5 Å². The number of benzene rings is 4. The standard InChI is InChI=1S/C27H20S3/c1-3-11-20(12-4-1)26(21-13-5-2-6-14-21)19-28-27(30-26)22-15-7-9-17-24(22)29-25-18-10-8-16-23(25)27/h1-18H,19H2. The Morgan fingerprint density at radius 1 is 0.533 bits per heavy atom. The lowest BCUT2D eigenvalue weighted by molar-refractivity contribution is 0.858. The minimum absolute atomic E-state index is 0.0879. The van der Waals surface area contributed by atoms with Crippen LogP contribution in [0.15, 0.2) is 119 Å². The predicted molar refractivity (Wildman–Crippen MR) is 131 cm³/mol. The third-order valence-electron chi connectivity index (χ3n) is 5.98. The van der Waals surface area contributed by atoms with E-state index in [0.29, 0.717) is 0 Å². The van der Waals surface area contributed by atoms with Gasteiger partial charge < -0.3 is 0 Å². The Morgan fingerprint density at radius 3 is 1.53 bits per heavy atom. The van der Waals surface area contributed by atoms with E-state index in [2.05, 4.69) is 133 Å². The molecule has 1 fully saturated rings. The zero-order chi connectivity index (χ0) is 20.0. The lowest BCUT2D eigenvalue weighted by Gasteiger charge is -2.38. The molecule has 1 saturated heterocycles. The molecule has 0 N–H and O–H groups in total. The summed E-state index contributed by atoms with van der Waals surface area (Å²) in [5.74, 6) is 1.04. The molecule has 0 aromatic heterocycles. The van der Waals surface area contributed by atoms with Gasteiger partial charge in [0.15, 0.2) is 0 Å². The summed E-state index contributed by atoms with van der Waals surface area (Å²) in [5, 5.41) is 0. The van der Waals surface area contributed by atoms with E-state index in [9.17, 15) is 0 Å². The average Bonchev–Trinajstić information content (AvgIpc) is 3.23. The van der Waals surface area contributed by atoms with Gasteiger partial charge in [-0.3, -0.25) is 0 Å². The molecule has 4 aromatic rings. The summed E-state index contributed by atoms with van der Waals surface area (Å²) in [6, 6.07) is 40.1. The summed E-state index contributed by atoms with van der Waals surface area (Å²) in [4.78, 5) is 2.77. The highest BCUT2D eigenvalue weighted by Gasteiger charge is 2.55. The largest absolute Gasteiger partial charge is 0.132 e. The minimum atomic E-state index is -0.107. The third kappa shape index (κ3) is 2.72. The topological polar surface area (TPSA) is 0 Å². The van der Waals surface area contributed by atoms with Crippen molar-refractivity contribution in [2.45, 2.75) is 18.6 Å². The molecule has 3 heteroatoms. The molecule has 0 nitrogen and oxygen atoms in total. The van der Waals surface area contributed by atoms with E-state index >= 15 is 0 Å². The maximum atomic E-state index is 2.34. The molecular formula is C27H20S3. The molecule has 2 heterocycles. The minimum Gasteiger partial charge on any atom is -0.132 e. The van der Waals surface area contributed by atoms with Crippen LogP contribution >= 0.6 is 35.3 Å². The first-order chi connectivity index (χ1) is 14.8. The molecule has 0 saturated carbocycles. The summed E-state index contributed by atoms with van der Waals surface area (Å²) in [6.07, 6.45) is 0. The summed E-state index contributed by atoms with van der Waals surface area (Å²) < 4.78 is -0.195. The van der Waals surface area contributed by atoms with Gasteiger partial charge in [-0.25, -0.2) is 0 Å². The van der Waals surface area contributed by atoms with Crippen molar-refractivity contribution < 1.29 is 0 Å². The van der Waals surface area contributed by atoms with Crippen molar-refractivity contribution in [1.29, 1.82) is 0 Å². The number of hydrogen-bond acceptors (Lipinski definition) is 3. The van der Waals surface area contributed by atoms with Gasteiger partial charge in [-0.05, 0) is 34.4 Å². The quantitative estimate of drug-likeness (QED) is 0.312. The van der Waals surface area contributed by atoms with E-state index in [-0.39, 0.29) is 8.83 Å². The van der Waals surface area contributed by atoms with E-state index in [0.717, 1.165) is 5.75 Å². The molecular weight excluding hydrogens is 420 g/mol. The van der Waals surface area contributed by atoms with E-state index in [1.54, 1.807) is 0 Å². The van der Waals surface area contributed by atoms with Gasteiger partial charge in [0.1, 0.15) is 4.08 Å². The molecule has 1 spiro atoms. The monoisotopic (exact) mass is 440 g/mol. The van der Waals surface area contributed by atoms with Crippen molar-refractivity contribution >= 4 is 35.3 Å². The van der Waals surface area contributed by atoms with E-state index < -0.39 is 0 Å². The fourth-order valence-corrected chi connectivity index (χ4v) is 10.2. The number of hydrogen-bond donors (Lipinski definition) is 0. The van der Waals surface area contributed by atoms with Crippen LogP contribution in [0.5, 0.6) is 0 Å². The second-order valence-electron chi connectivity index (χ2n) is 7.66. The molecule has 146 valence electrons. The van der Waals surface area contributed by atoms with Crippen LogP contribution in [0, 0.1) is 0 Å². The SMILES string of the molecule is c1ccc(C2(c3ccccc3)CSC3(S2)c2ccccc2Sc2ccccc23)cc1. The van der Waals surface area contributed by atoms with Gasteiger partial charge in [-0.1, -0.05) is 109 Å². The number of fused-ring (bicyclic) bond motifs is 4. The molecule has 2 aliphatic rings. The third-order valence-corrected chi connectivity index (χ3v) is 11.0. The summed E-state index contributed by atoms with van der Waals surface area (Å²) >= 11 is 6.13. The van der Waals surface area contributed by atoms with Crippen LogP contribution in [0.3, 0.4) is 0 Å². The molecule has 0 unspecified atom stereocenters. The zero-order valence-corrected chi connectivity index (χ0v) is 18.8. The Bertz CT molecular complexity index is 1120. The molecule has 0 atom stereocenters. The van der Waals surface area contributed by atoms with Crippen LogP contribution in [0.1, 0.15) is 22.3 Å². The highest BCUT2D eigenvalue weighted by atomic mass is 32.2. The van der Waals surface area contributed by atoms with E-state index in [4.69, 9.17) is 0 Å². The Kier molecular flexibility index (Phi) is 4.52. The summed E-state index contributed by atoms with van der Waals surface area (Å²) in [6.45, 7) is 0. The zero-order valence-electron chi connectivity index (χ0n) is 16.3. The molecule has 6 rings (SSSR count). The number of thioether (sulfide) groups is 2. The van der Waals surface area contributed by atoms with Crippen LogP contribution in [0.25, 0.3) is 0 Å². The maximum Gasteiger partial charge on any atom is 0.115 e. The molecule has 4 aromatic carbocycles. The summed E-state index contributed by atoms with van der Waals surface area (Å²) in [5.41, 5.74) is 5.66. The Labute approximate surface area is 190 Å². The second kappa shape index (κ2) is 7.26. The van der Waals surface area contributed by atoms with Crippen molar-refractivity contribution in [2.75, 3.05) is 5.75 Å². The van der Waals surface area contributed by atoms with Crippen molar-refractivity contribution in [3.8, 4) is 0 Å². The first kappa shape index (κ1) is 18.7. The van der Waals surface area contributed by atoms with Crippen molar-refractivity contribution in [1.82, 2.24) is 0 Å². The van der Waals surface area contributed by atoms with Gasteiger partial charge >= 0.3 is 0 Å². The van der Waals surface area contributed by atoms with Gasteiger partial charge in [-0.2, -0.15) is 0 Å². The van der Waals surface area contributed by atoms with Gasteiger partial charge in [0.25, 0.3) is 0 Å². The van der Waals surface area contributed by atoms with E-state index in [1.807, 2.05) is 11.8 Å². The fraction of sp³-hybridized carbons (Fsp3) is 0.111. The van der Waals surface area contributed by atoms with Crippen LogP contribution in [0.2, 0.25) is 0 Å². The fourth-order valence-electron chi connectivity index (χ4n) is 4.56. The normalized spacial score (nSPS) is 18.0. The van der Waals surface area contributed by atoms with Crippen LogP contribution < -0.4 is 0 Å². The highest BCUT2D eigenvalue weighted by Crippen LogP contribution is 2.71. The van der Waals surface area contributed by atoms with Crippen molar-refractivity contribution in [2.24, 2.45) is 0 Å². The molecule has 2 aliphatic heterocycles. The predicted octanol–water partition coefficient (Wildman–Crippen LogP) is 7.78. The Hall–Kier alpha value is -2.07. The van der Waals surface area contributed by atoms with Crippen molar-refractivity contribution in [3.05, 3.63) is 131 Å². The van der Waals surface area contributed by atoms with Crippen LogP contribution in [-0.2, 0) is 8.83 Å². The molecule has 0 aliphatic carbocycles. The van der Waals surface area contributed by atoms with Gasteiger partial charge in [-0.15, -0.1) is 23.5 Å². The second-order valence-corrected chi connectivity index (χ2v) is 11.7. The molecule has 0 amide bonds. The highest BCUT2D eigenvalue weighted by molar-refractivity contribution is 8.21.